The molecule has 1 N–H and O–H groups in total. The smallest absolute Gasteiger partial charge is 0.0808 e. The standard InChI is InChI=1S/C12H13BrN2O/c1-2-12(16)10-5-3-4-6-11(10)15-8-9(13)7-14-15/h3-8,12,16H,2H2,1H3/t12-/m0/s1. The lowest BCUT2D eigenvalue weighted by molar-refractivity contribution is 0.173. The Hall–Kier alpha value is -1.13. The van der Waals surface area contributed by atoms with Gasteiger partial charge in [0.1, 0.15) is 0 Å². The maximum absolute atomic E-state index is 9.93. The predicted molar refractivity (Wildman–Crippen MR) is 66.5 cm³/mol. The molecule has 0 spiro atoms. The second-order valence-electron chi connectivity index (χ2n) is 3.59. The number of benzene rings is 1. The van der Waals surface area contributed by atoms with Gasteiger partial charge in [-0.15, -0.1) is 0 Å². The van der Waals surface area contributed by atoms with Crippen molar-refractivity contribution in [1.82, 2.24) is 9.78 Å². The molecule has 0 unspecified atom stereocenters. The Morgan fingerprint density at radius 1 is 1.44 bits per heavy atom. The average Bonchev–Trinajstić information content (AvgIpc) is 2.75. The minimum atomic E-state index is -0.445. The van der Waals surface area contributed by atoms with Gasteiger partial charge >= 0.3 is 0 Å². The fourth-order valence-electron chi connectivity index (χ4n) is 1.63. The molecule has 1 aromatic carbocycles. The van der Waals surface area contributed by atoms with E-state index in [4.69, 9.17) is 0 Å². The van der Waals surface area contributed by atoms with Crippen molar-refractivity contribution in [2.75, 3.05) is 0 Å². The van der Waals surface area contributed by atoms with Crippen molar-refractivity contribution < 1.29 is 5.11 Å². The molecule has 16 heavy (non-hydrogen) atoms. The highest BCUT2D eigenvalue weighted by Gasteiger charge is 2.11. The van der Waals surface area contributed by atoms with Crippen LogP contribution in [-0.4, -0.2) is 14.9 Å². The molecule has 84 valence electrons. The molecule has 3 nitrogen and oxygen atoms in total. The summed E-state index contributed by atoms with van der Waals surface area (Å²) in [6.45, 7) is 1.96. The van der Waals surface area contributed by atoms with E-state index in [0.717, 1.165) is 15.7 Å². The Labute approximate surface area is 103 Å². The van der Waals surface area contributed by atoms with Crippen molar-refractivity contribution in [3.8, 4) is 5.69 Å². The van der Waals surface area contributed by atoms with Gasteiger partial charge in [0.2, 0.25) is 0 Å². The fraction of sp³-hybridized carbons (Fsp3) is 0.250. The molecule has 4 heteroatoms. The van der Waals surface area contributed by atoms with E-state index in [-0.39, 0.29) is 0 Å². The van der Waals surface area contributed by atoms with Crippen LogP contribution < -0.4 is 0 Å². The normalized spacial score (nSPS) is 12.7. The fourth-order valence-corrected chi connectivity index (χ4v) is 1.92. The number of aliphatic hydroxyl groups is 1. The number of para-hydroxylation sites is 1. The van der Waals surface area contributed by atoms with E-state index in [1.54, 1.807) is 10.9 Å². The number of hydrogen-bond acceptors (Lipinski definition) is 2. The molecule has 2 rings (SSSR count). The van der Waals surface area contributed by atoms with Crippen molar-refractivity contribution in [2.24, 2.45) is 0 Å². The zero-order valence-electron chi connectivity index (χ0n) is 8.97. The van der Waals surface area contributed by atoms with E-state index in [9.17, 15) is 5.11 Å². The van der Waals surface area contributed by atoms with E-state index in [0.29, 0.717) is 6.42 Å². The van der Waals surface area contributed by atoms with Gasteiger partial charge in [-0.05, 0) is 28.4 Å². The van der Waals surface area contributed by atoms with Gasteiger partial charge in [0.25, 0.3) is 0 Å². The van der Waals surface area contributed by atoms with Crippen LogP contribution in [0.5, 0.6) is 0 Å². The minimum absolute atomic E-state index is 0.445. The maximum Gasteiger partial charge on any atom is 0.0808 e. The molecule has 0 aliphatic carbocycles. The molecule has 0 bridgehead atoms. The molecule has 0 saturated carbocycles. The van der Waals surface area contributed by atoms with Crippen molar-refractivity contribution in [2.45, 2.75) is 19.4 Å². The number of aromatic nitrogens is 2. The summed E-state index contributed by atoms with van der Waals surface area (Å²) in [4.78, 5) is 0. The number of rotatable bonds is 3. The van der Waals surface area contributed by atoms with Crippen molar-refractivity contribution in [3.05, 3.63) is 46.7 Å². The predicted octanol–water partition coefficient (Wildman–Crippen LogP) is 3.08. The highest BCUT2D eigenvalue weighted by molar-refractivity contribution is 9.10. The summed E-state index contributed by atoms with van der Waals surface area (Å²) >= 11 is 3.36. The minimum Gasteiger partial charge on any atom is -0.388 e. The molecule has 0 radical (unpaired) electrons. The third-order valence-corrected chi connectivity index (χ3v) is 2.89. The third-order valence-electron chi connectivity index (χ3n) is 2.48. The summed E-state index contributed by atoms with van der Waals surface area (Å²) in [6.07, 6.45) is 3.86. The molecule has 0 aliphatic rings. The number of hydrogen-bond donors (Lipinski definition) is 1. The molecule has 1 atom stereocenters. The lowest BCUT2D eigenvalue weighted by atomic mass is 10.1. The number of halogens is 1. The first kappa shape index (κ1) is 11.4. The van der Waals surface area contributed by atoms with Crippen LogP contribution in [0.2, 0.25) is 0 Å². The van der Waals surface area contributed by atoms with Gasteiger partial charge < -0.3 is 5.11 Å². The summed E-state index contributed by atoms with van der Waals surface area (Å²) in [7, 11) is 0. The Bertz CT molecular complexity index is 481. The van der Waals surface area contributed by atoms with Crippen LogP contribution in [0.3, 0.4) is 0 Å². The number of nitrogens with zero attached hydrogens (tertiary/aromatic N) is 2. The SMILES string of the molecule is CC[C@H](O)c1ccccc1-n1cc(Br)cn1. The maximum atomic E-state index is 9.93. The summed E-state index contributed by atoms with van der Waals surface area (Å²) in [5.41, 5.74) is 1.82. The van der Waals surface area contributed by atoms with Crippen LogP contribution in [0.15, 0.2) is 41.1 Å². The molecule has 0 saturated heterocycles. The second kappa shape index (κ2) is 4.80. The quantitative estimate of drug-likeness (QED) is 0.938. The van der Waals surface area contributed by atoms with Crippen molar-refractivity contribution in [3.63, 3.8) is 0 Å². The lowest BCUT2D eigenvalue weighted by Gasteiger charge is -2.13. The van der Waals surface area contributed by atoms with Gasteiger partial charge in [-0.25, -0.2) is 4.68 Å². The van der Waals surface area contributed by atoms with Crippen molar-refractivity contribution >= 4 is 15.9 Å². The molecule has 1 heterocycles. The van der Waals surface area contributed by atoms with Gasteiger partial charge in [-0.1, -0.05) is 25.1 Å². The summed E-state index contributed by atoms with van der Waals surface area (Å²) in [5.74, 6) is 0. The number of aliphatic hydroxyl groups excluding tert-OH is 1. The highest BCUT2D eigenvalue weighted by Crippen LogP contribution is 2.24. The van der Waals surface area contributed by atoms with E-state index in [1.165, 1.54) is 0 Å². The third kappa shape index (κ3) is 2.18. The van der Waals surface area contributed by atoms with Gasteiger partial charge in [0.15, 0.2) is 0 Å². The van der Waals surface area contributed by atoms with Crippen LogP contribution in [-0.2, 0) is 0 Å². The summed E-state index contributed by atoms with van der Waals surface area (Å²) in [5, 5.41) is 14.1. The molecular formula is C12H13BrN2O. The van der Waals surface area contributed by atoms with Gasteiger partial charge in [-0.3, -0.25) is 0 Å². The highest BCUT2D eigenvalue weighted by atomic mass is 79.9. The molecular weight excluding hydrogens is 268 g/mol. The topological polar surface area (TPSA) is 38.0 Å². The summed E-state index contributed by atoms with van der Waals surface area (Å²) in [6, 6.07) is 7.75. The second-order valence-corrected chi connectivity index (χ2v) is 4.50. The molecule has 2 aromatic rings. The van der Waals surface area contributed by atoms with E-state index >= 15 is 0 Å². The lowest BCUT2D eigenvalue weighted by Crippen LogP contribution is -2.04. The monoisotopic (exact) mass is 280 g/mol. The van der Waals surface area contributed by atoms with Gasteiger partial charge in [-0.2, -0.15) is 5.10 Å². The van der Waals surface area contributed by atoms with Crippen LogP contribution >= 0.6 is 15.9 Å². The van der Waals surface area contributed by atoms with Crippen LogP contribution in [0, 0.1) is 0 Å². The Kier molecular flexibility index (Phi) is 3.41. The Balaban J connectivity index is 2.48. The average molecular weight is 281 g/mol. The van der Waals surface area contributed by atoms with E-state index in [2.05, 4.69) is 21.0 Å². The molecule has 0 aliphatic heterocycles. The zero-order valence-corrected chi connectivity index (χ0v) is 10.6. The van der Waals surface area contributed by atoms with Crippen LogP contribution in [0.4, 0.5) is 0 Å². The first-order valence-corrected chi connectivity index (χ1v) is 5.99. The summed E-state index contributed by atoms with van der Waals surface area (Å²) < 4.78 is 2.69. The molecule has 0 fully saturated rings. The van der Waals surface area contributed by atoms with Gasteiger partial charge in [0, 0.05) is 11.8 Å². The van der Waals surface area contributed by atoms with E-state index in [1.807, 2.05) is 37.4 Å². The van der Waals surface area contributed by atoms with Crippen LogP contribution in [0.1, 0.15) is 25.0 Å². The first-order chi connectivity index (χ1) is 7.72. The molecule has 1 aromatic heterocycles. The van der Waals surface area contributed by atoms with Crippen molar-refractivity contribution in [1.29, 1.82) is 0 Å². The Morgan fingerprint density at radius 2 is 2.19 bits per heavy atom. The van der Waals surface area contributed by atoms with Crippen LogP contribution in [0.25, 0.3) is 5.69 Å². The van der Waals surface area contributed by atoms with E-state index < -0.39 is 6.10 Å². The first-order valence-electron chi connectivity index (χ1n) is 5.20. The zero-order chi connectivity index (χ0) is 11.5. The Morgan fingerprint density at radius 3 is 2.81 bits per heavy atom. The largest absolute Gasteiger partial charge is 0.388 e. The molecule has 0 amide bonds. The van der Waals surface area contributed by atoms with Gasteiger partial charge in [0.05, 0.1) is 22.5 Å².